The number of ether oxygens (including phenoxy) is 1. The molecule has 0 unspecified atom stereocenters. The molecular formula is C15H8N4O9. The van der Waals surface area contributed by atoms with Crippen molar-refractivity contribution in [3.8, 4) is 11.1 Å². The molecule has 0 spiro atoms. The third-order valence-corrected chi connectivity index (χ3v) is 4.11. The Hall–Kier alpha value is -4.42. The highest BCUT2D eigenvalue weighted by atomic mass is 16.6. The van der Waals surface area contributed by atoms with E-state index in [0.717, 1.165) is 25.3 Å². The van der Waals surface area contributed by atoms with Crippen LogP contribution in [0.5, 0.6) is 0 Å². The standard InChI is InChI=1S/C15H8N4O9/c1-28-15(20)10-4-6(17(22)23)2-8-12(10)13-9(14(8)16-21)3-7(18(24)25)5-11(13)19(26)27/h2-5,21H,1H3/b16-14-. The Morgan fingerprint density at radius 2 is 1.46 bits per heavy atom. The average molecular weight is 388 g/mol. The van der Waals surface area contributed by atoms with Gasteiger partial charge in [0.25, 0.3) is 17.1 Å². The molecule has 1 aliphatic rings. The number of oxime groups is 1. The highest BCUT2D eigenvalue weighted by Crippen LogP contribution is 2.47. The summed E-state index contributed by atoms with van der Waals surface area (Å²) in [5, 5.41) is 46.2. The number of nitrogens with zero attached hydrogens (tertiary/aromatic N) is 4. The molecule has 142 valence electrons. The predicted molar refractivity (Wildman–Crippen MR) is 90.6 cm³/mol. The zero-order valence-corrected chi connectivity index (χ0v) is 13.8. The Morgan fingerprint density at radius 3 is 1.93 bits per heavy atom. The molecule has 0 heterocycles. The van der Waals surface area contributed by atoms with Gasteiger partial charge in [0.15, 0.2) is 0 Å². The normalized spacial score (nSPS) is 13.0. The lowest BCUT2D eigenvalue weighted by Crippen LogP contribution is -2.07. The van der Waals surface area contributed by atoms with Crippen LogP contribution in [0.2, 0.25) is 0 Å². The van der Waals surface area contributed by atoms with Crippen LogP contribution in [0.25, 0.3) is 11.1 Å². The van der Waals surface area contributed by atoms with E-state index >= 15 is 0 Å². The summed E-state index contributed by atoms with van der Waals surface area (Å²) in [6.07, 6.45) is 0. The molecule has 0 radical (unpaired) electrons. The molecule has 2 aromatic carbocycles. The van der Waals surface area contributed by atoms with Crippen molar-refractivity contribution >= 4 is 28.7 Å². The molecule has 1 aliphatic carbocycles. The molecular weight excluding hydrogens is 380 g/mol. The van der Waals surface area contributed by atoms with Crippen molar-refractivity contribution in [1.82, 2.24) is 0 Å². The van der Waals surface area contributed by atoms with Gasteiger partial charge in [-0.25, -0.2) is 4.79 Å². The summed E-state index contributed by atoms with van der Waals surface area (Å²) in [4.78, 5) is 43.4. The van der Waals surface area contributed by atoms with Gasteiger partial charge < -0.3 is 9.94 Å². The van der Waals surface area contributed by atoms with E-state index in [2.05, 4.69) is 9.89 Å². The maximum absolute atomic E-state index is 12.2. The van der Waals surface area contributed by atoms with Crippen LogP contribution in [-0.4, -0.2) is 38.8 Å². The molecule has 3 rings (SSSR count). The topological polar surface area (TPSA) is 188 Å². The number of esters is 1. The van der Waals surface area contributed by atoms with Crippen molar-refractivity contribution in [2.45, 2.75) is 0 Å². The molecule has 0 saturated heterocycles. The van der Waals surface area contributed by atoms with Crippen LogP contribution in [0.3, 0.4) is 0 Å². The van der Waals surface area contributed by atoms with E-state index in [0.29, 0.717) is 6.07 Å². The number of benzene rings is 2. The zero-order valence-electron chi connectivity index (χ0n) is 13.8. The minimum atomic E-state index is -1.03. The van der Waals surface area contributed by atoms with Gasteiger partial charge in [-0.05, 0) is 0 Å². The Labute approximate surface area is 153 Å². The molecule has 0 fully saturated rings. The van der Waals surface area contributed by atoms with Crippen molar-refractivity contribution in [2.75, 3.05) is 7.11 Å². The van der Waals surface area contributed by atoms with Crippen molar-refractivity contribution in [3.63, 3.8) is 0 Å². The predicted octanol–water partition coefficient (Wildman–Crippen LogP) is 2.40. The molecule has 0 atom stereocenters. The SMILES string of the molecule is COC(=O)c1cc([N+](=O)[O-])cc2c1-c1c(cc([N+](=O)[O-])cc1[N+](=O)[O-])/C2=N\O. The van der Waals surface area contributed by atoms with Crippen molar-refractivity contribution in [2.24, 2.45) is 5.16 Å². The van der Waals surface area contributed by atoms with Gasteiger partial charge >= 0.3 is 5.97 Å². The van der Waals surface area contributed by atoms with Gasteiger partial charge in [0.05, 0.1) is 39.1 Å². The first kappa shape index (κ1) is 18.4. The van der Waals surface area contributed by atoms with Crippen LogP contribution in [0, 0.1) is 30.3 Å². The van der Waals surface area contributed by atoms with E-state index in [9.17, 15) is 40.3 Å². The second-order valence-corrected chi connectivity index (χ2v) is 5.51. The van der Waals surface area contributed by atoms with Gasteiger partial charge in [-0.15, -0.1) is 0 Å². The first-order valence-corrected chi connectivity index (χ1v) is 7.32. The van der Waals surface area contributed by atoms with Crippen LogP contribution < -0.4 is 0 Å². The first-order valence-electron chi connectivity index (χ1n) is 7.32. The van der Waals surface area contributed by atoms with Gasteiger partial charge in [-0.2, -0.15) is 0 Å². The lowest BCUT2D eigenvalue weighted by atomic mass is 9.97. The maximum Gasteiger partial charge on any atom is 0.338 e. The van der Waals surface area contributed by atoms with Crippen LogP contribution in [0.15, 0.2) is 29.4 Å². The molecule has 28 heavy (non-hydrogen) atoms. The summed E-state index contributed by atoms with van der Waals surface area (Å²) in [5.74, 6) is -1.03. The summed E-state index contributed by atoms with van der Waals surface area (Å²) in [7, 11) is 1.01. The number of rotatable bonds is 4. The fourth-order valence-corrected chi connectivity index (χ4v) is 3.02. The van der Waals surface area contributed by atoms with Gasteiger partial charge in [-0.1, -0.05) is 5.16 Å². The molecule has 0 aromatic heterocycles. The molecule has 13 nitrogen and oxygen atoms in total. The summed E-state index contributed by atoms with van der Waals surface area (Å²) in [6.45, 7) is 0. The lowest BCUT2D eigenvalue weighted by Gasteiger charge is -2.08. The Kier molecular flexibility index (Phi) is 4.19. The van der Waals surface area contributed by atoms with Gasteiger partial charge in [0.2, 0.25) is 0 Å². The lowest BCUT2D eigenvalue weighted by molar-refractivity contribution is -0.393. The number of methoxy groups -OCH3 is 1. The highest BCUT2D eigenvalue weighted by Gasteiger charge is 2.39. The summed E-state index contributed by atoms with van der Waals surface area (Å²) in [5.41, 5.74) is -3.51. The fraction of sp³-hybridized carbons (Fsp3) is 0.0667. The van der Waals surface area contributed by atoms with E-state index in [4.69, 9.17) is 0 Å². The number of non-ortho nitro benzene ring substituents is 2. The minimum Gasteiger partial charge on any atom is -0.465 e. The van der Waals surface area contributed by atoms with Crippen LogP contribution in [-0.2, 0) is 4.74 Å². The second kappa shape index (κ2) is 6.39. The third kappa shape index (κ3) is 2.57. The molecule has 1 N–H and O–H groups in total. The van der Waals surface area contributed by atoms with E-state index < -0.39 is 37.8 Å². The van der Waals surface area contributed by atoms with Gasteiger partial charge in [0.1, 0.15) is 5.71 Å². The fourth-order valence-electron chi connectivity index (χ4n) is 3.02. The van der Waals surface area contributed by atoms with E-state index in [1.165, 1.54) is 0 Å². The number of carbonyl (C=O) groups is 1. The minimum absolute atomic E-state index is 0.151. The molecule has 0 bridgehead atoms. The summed E-state index contributed by atoms with van der Waals surface area (Å²) >= 11 is 0. The van der Waals surface area contributed by atoms with Gasteiger partial charge in [0, 0.05) is 34.9 Å². The van der Waals surface area contributed by atoms with Crippen LogP contribution in [0.1, 0.15) is 21.5 Å². The molecule has 0 amide bonds. The highest BCUT2D eigenvalue weighted by molar-refractivity contribution is 6.28. The Morgan fingerprint density at radius 1 is 0.929 bits per heavy atom. The van der Waals surface area contributed by atoms with E-state index in [1.807, 2.05) is 0 Å². The van der Waals surface area contributed by atoms with Crippen LogP contribution in [0.4, 0.5) is 17.1 Å². The molecule has 0 saturated carbocycles. The maximum atomic E-state index is 12.2. The number of fused-ring (bicyclic) bond motifs is 3. The number of carbonyl (C=O) groups excluding carboxylic acids is 1. The smallest absolute Gasteiger partial charge is 0.338 e. The zero-order chi connectivity index (χ0) is 20.7. The Bertz CT molecular complexity index is 1120. The molecule has 13 heteroatoms. The average Bonchev–Trinajstić information content (AvgIpc) is 2.98. The summed E-state index contributed by atoms with van der Waals surface area (Å²) < 4.78 is 4.60. The van der Waals surface area contributed by atoms with Crippen molar-refractivity contribution < 1.29 is 29.5 Å². The monoisotopic (exact) mass is 388 g/mol. The first-order chi connectivity index (χ1) is 13.2. The second-order valence-electron chi connectivity index (χ2n) is 5.51. The van der Waals surface area contributed by atoms with Crippen LogP contribution >= 0.6 is 0 Å². The number of hydrogen-bond donors (Lipinski definition) is 1. The van der Waals surface area contributed by atoms with E-state index in [1.54, 1.807) is 0 Å². The molecule has 2 aromatic rings. The molecule has 0 aliphatic heterocycles. The largest absolute Gasteiger partial charge is 0.465 e. The third-order valence-electron chi connectivity index (χ3n) is 4.11. The van der Waals surface area contributed by atoms with Crippen molar-refractivity contribution in [3.05, 3.63) is 71.3 Å². The van der Waals surface area contributed by atoms with E-state index in [-0.39, 0.29) is 33.5 Å². The number of nitro groups is 3. The van der Waals surface area contributed by atoms with Gasteiger partial charge in [-0.3, -0.25) is 30.3 Å². The Balaban J connectivity index is 2.52. The quantitative estimate of drug-likeness (QED) is 0.303. The summed E-state index contributed by atoms with van der Waals surface area (Å²) in [6, 6.07) is 3.42. The number of hydrogen-bond acceptors (Lipinski definition) is 10. The number of nitro benzene ring substituents is 3. The van der Waals surface area contributed by atoms with Crippen molar-refractivity contribution in [1.29, 1.82) is 0 Å².